The fourth-order valence-electron chi connectivity index (χ4n) is 2.87. The van der Waals surface area contributed by atoms with Crippen LogP contribution >= 0.6 is 0 Å². The summed E-state index contributed by atoms with van der Waals surface area (Å²) in [4.78, 5) is 15.4. The zero-order chi connectivity index (χ0) is 13.4. The van der Waals surface area contributed by atoms with Crippen molar-refractivity contribution in [2.45, 2.75) is 25.8 Å². The molecule has 3 rings (SSSR count). The van der Waals surface area contributed by atoms with Crippen molar-refractivity contribution in [3.63, 3.8) is 0 Å². The monoisotopic (exact) mass is 258 g/mol. The lowest BCUT2D eigenvalue weighted by atomic mass is 9.91. The Kier molecular flexibility index (Phi) is 3.03. The van der Waals surface area contributed by atoms with E-state index in [1.54, 1.807) is 0 Å². The number of H-pyrrole nitrogens is 1. The lowest BCUT2D eigenvalue weighted by molar-refractivity contribution is -0.146. The van der Waals surface area contributed by atoms with Crippen LogP contribution in [0, 0.1) is 0 Å². The van der Waals surface area contributed by atoms with Crippen LogP contribution in [-0.4, -0.2) is 24.1 Å². The molecular formula is C15H18N2O2. The number of ether oxygens (including phenoxy) is 1. The second-order valence-corrected chi connectivity index (χ2v) is 4.99. The summed E-state index contributed by atoms with van der Waals surface area (Å²) in [6.45, 7) is 5.20. The lowest BCUT2D eigenvalue weighted by Gasteiger charge is -2.27. The maximum absolute atomic E-state index is 12.0. The van der Waals surface area contributed by atoms with Gasteiger partial charge in [0.1, 0.15) is 6.04 Å². The minimum Gasteiger partial charge on any atom is -0.465 e. The summed E-state index contributed by atoms with van der Waals surface area (Å²) in [5.41, 5.74) is 3.28. The number of aromatic amines is 1. The molecule has 4 heteroatoms. The third-order valence-electron chi connectivity index (χ3n) is 3.71. The van der Waals surface area contributed by atoms with Gasteiger partial charge in [-0.25, -0.2) is 4.79 Å². The Hall–Kier alpha value is -1.81. The maximum Gasteiger partial charge on any atom is 0.329 e. The first-order valence-electron chi connectivity index (χ1n) is 6.73. The highest BCUT2D eigenvalue weighted by Gasteiger charge is 2.33. The van der Waals surface area contributed by atoms with E-state index < -0.39 is 0 Å². The van der Waals surface area contributed by atoms with Crippen LogP contribution < -0.4 is 5.32 Å². The first kappa shape index (κ1) is 12.2. The summed E-state index contributed by atoms with van der Waals surface area (Å²) in [5.74, 6) is 0.180. The molecule has 2 unspecified atom stereocenters. The van der Waals surface area contributed by atoms with Gasteiger partial charge in [-0.3, -0.25) is 5.32 Å². The van der Waals surface area contributed by atoms with Crippen molar-refractivity contribution in [3.05, 3.63) is 35.5 Å². The van der Waals surface area contributed by atoms with E-state index in [1.165, 1.54) is 10.9 Å². The molecule has 1 aromatic heterocycles. The molecule has 0 aliphatic carbocycles. The van der Waals surface area contributed by atoms with E-state index in [-0.39, 0.29) is 12.0 Å². The summed E-state index contributed by atoms with van der Waals surface area (Å²) < 4.78 is 5.15. The van der Waals surface area contributed by atoms with Crippen LogP contribution in [0.4, 0.5) is 0 Å². The number of hydrogen-bond acceptors (Lipinski definition) is 3. The Morgan fingerprint density at radius 1 is 1.42 bits per heavy atom. The average Bonchev–Trinajstić information content (AvgIpc) is 2.79. The van der Waals surface area contributed by atoms with Gasteiger partial charge in [0.25, 0.3) is 0 Å². The van der Waals surface area contributed by atoms with Gasteiger partial charge in [-0.2, -0.15) is 0 Å². The number of aromatic nitrogens is 1. The van der Waals surface area contributed by atoms with Gasteiger partial charge in [-0.15, -0.1) is 0 Å². The SMILES string of the molecule is CCOC(=O)C1NCC(C)c2c1[nH]c1ccccc21. The lowest BCUT2D eigenvalue weighted by Crippen LogP contribution is -2.37. The van der Waals surface area contributed by atoms with Crippen LogP contribution in [0.15, 0.2) is 24.3 Å². The van der Waals surface area contributed by atoms with Gasteiger partial charge in [0.05, 0.1) is 6.61 Å². The second kappa shape index (κ2) is 4.70. The molecule has 0 bridgehead atoms. The predicted octanol–water partition coefficient (Wildman–Crippen LogP) is 2.48. The van der Waals surface area contributed by atoms with Crippen molar-refractivity contribution in [1.82, 2.24) is 10.3 Å². The standard InChI is InChI=1S/C15H18N2O2/c1-3-19-15(18)14-13-12(9(2)8-16-14)10-6-4-5-7-11(10)17-13/h4-7,9,14,16-17H,3,8H2,1-2H3. The average molecular weight is 258 g/mol. The van der Waals surface area contributed by atoms with Crippen molar-refractivity contribution in [2.24, 2.45) is 0 Å². The highest BCUT2D eigenvalue weighted by Crippen LogP contribution is 2.36. The first-order chi connectivity index (χ1) is 9.22. The van der Waals surface area contributed by atoms with Gasteiger partial charge < -0.3 is 9.72 Å². The molecular weight excluding hydrogens is 240 g/mol. The van der Waals surface area contributed by atoms with Crippen molar-refractivity contribution in [3.8, 4) is 0 Å². The van der Waals surface area contributed by atoms with Gasteiger partial charge in [0.2, 0.25) is 0 Å². The third kappa shape index (κ3) is 1.92. The van der Waals surface area contributed by atoms with E-state index in [4.69, 9.17) is 4.74 Å². The molecule has 100 valence electrons. The molecule has 0 fully saturated rings. The smallest absolute Gasteiger partial charge is 0.329 e. The Bertz CT molecular complexity index is 618. The van der Waals surface area contributed by atoms with E-state index in [0.29, 0.717) is 12.5 Å². The highest BCUT2D eigenvalue weighted by atomic mass is 16.5. The topological polar surface area (TPSA) is 54.1 Å². The molecule has 19 heavy (non-hydrogen) atoms. The second-order valence-electron chi connectivity index (χ2n) is 4.99. The van der Waals surface area contributed by atoms with E-state index in [2.05, 4.69) is 23.3 Å². The van der Waals surface area contributed by atoms with Crippen LogP contribution in [-0.2, 0) is 9.53 Å². The fraction of sp³-hybridized carbons (Fsp3) is 0.400. The number of hydrogen-bond donors (Lipinski definition) is 2. The van der Waals surface area contributed by atoms with Gasteiger partial charge in [0, 0.05) is 23.1 Å². The van der Waals surface area contributed by atoms with Crippen molar-refractivity contribution < 1.29 is 9.53 Å². The fourth-order valence-corrected chi connectivity index (χ4v) is 2.87. The van der Waals surface area contributed by atoms with Crippen molar-refractivity contribution in [1.29, 1.82) is 0 Å². The predicted molar refractivity (Wildman–Crippen MR) is 74.1 cm³/mol. The van der Waals surface area contributed by atoms with E-state index in [1.807, 2.05) is 25.1 Å². The Balaban J connectivity index is 2.12. The largest absolute Gasteiger partial charge is 0.465 e. The highest BCUT2D eigenvalue weighted by molar-refractivity contribution is 5.89. The van der Waals surface area contributed by atoms with Crippen LogP contribution in [0.3, 0.4) is 0 Å². The number of rotatable bonds is 2. The molecule has 2 atom stereocenters. The number of carbonyl (C=O) groups excluding carboxylic acids is 1. The van der Waals surface area contributed by atoms with Crippen LogP contribution in [0.5, 0.6) is 0 Å². The molecule has 4 nitrogen and oxygen atoms in total. The van der Waals surface area contributed by atoms with Gasteiger partial charge in [-0.05, 0) is 24.5 Å². The molecule has 0 spiro atoms. The molecule has 2 heterocycles. The van der Waals surface area contributed by atoms with Gasteiger partial charge >= 0.3 is 5.97 Å². The molecule has 1 aromatic carbocycles. The molecule has 0 radical (unpaired) electrons. The van der Waals surface area contributed by atoms with E-state index in [9.17, 15) is 4.79 Å². The number of fused-ring (bicyclic) bond motifs is 3. The van der Waals surface area contributed by atoms with E-state index in [0.717, 1.165) is 17.8 Å². The normalized spacial score (nSPS) is 22.2. The van der Waals surface area contributed by atoms with Crippen molar-refractivity contribution in [2.75, 3.05) is 13.2 Å². The third-order valence-corrected chi connectivity index (χ3v) is 3.71. The van der Waals surface area contributed by atoms with Gasteiger partial charge in [0.15, 0.2) is 0 Å². The van der Waals surface area contributed by atoms with Crippen LogP contribution in [0.25, 0.3) is 10.9 Å². The van der Waals surface area contributed by atoms with Crippen LogP contribution in [0.2, 0.25) is 0 Å². The van der Waals surface area contributed by atoms with Gasteiger partial charge in [-0.1, -0.05) is 25.1 Å². The molecule has 1 aliphatic heterocycles. The van der Waals surface area contributed by atoms with Crippen molar-refractivity contribution >= 4 is 16.9 Å². The Morgan fingerprint density at radius 3 is 3.00 bits per heavy atom. The summed E-state index contributed by atoms with van der Waals surface area (Å²) in [7, 11) is 0. The Labute approximate surface area is 112 Å². The summed E-state index contributed by atoms with van der Waals surface area (Å²) in [6.07, 6.45) is 0. The number of carbonyl (C=O) groups is 1. The summed E-state index contributed by atoms with van der Waals surface area (Å²) in [6, 6.07) is 7.81. The molecule has 2 N–H and O–H groups in total. The first-order valence-corrected chi connectivity index (χ1v) is 6.73. The minimum atomic E-state index is -0.376. The Morgan fingerprint density at radius 2 is 2.21 bits per heavy atom. The molecule has 2 aromatic rings. The maximum atomic E-state index is 12.0. The summed E-state index contributed by atoms with van der Waals surface area (Å²) in [5, 5.41) is 4.47. The zero-order valence-corrected chi connectivity index (χ0v) is 11.2. The molecule has 1 aliphatic rings. The number of para-hydroxylation sites is 1. The molecule has 0 saturated heterocycles. The van der Waals surface area contributed by atoms with E-state index >= 15 is 0 Å². The summed E-state index contributed by atoms with van der Waals surface area (Å²) >= 11 is 0. The number of benzene rings is 1. The number of esters is 1. The molecule has 0 saturated carbocycles. The minimum absolute atomic E-state index is 0.206. The number of nitrogens with one attached hydrogen (secondary N) is 2. The van der Waals surface area contributed by atoms with Crippen LogP contribution in [0.1, 0.15) is 37.1 Å². The molecule has 0 amide bonds. The zero-order valence-electron chi connectivity index (χ0n) is 11.2. The quantitative estimate of drug-likeness (QED) is 0.814.